The van der Waals surface area contributed by atoms with Crippen molar-refractivity contribution in [1.29, 1.82) is 0 Å². The molecule has 146 valence electrons. The zero-order chi connectivity index (χ0) is 20.1. The van der Waals surface area contributed by atoms with Crippen LogP contribution in [-0.4, -0.2) is 46.5 Å². The number of methoxy groups -OCH3 is 2. The molecule has 10 nitrogen and oxygen atoms in total. The molecule has 0 radical (unpaired) electrons. The van der Waals surface area contributed by atoms with Crippen molar-refractivity contribution in [2.24, 2.45) is 0 Å². The van der Waals surface area contributed by atoms with Gasteiger partial charge in [-0.05, 0) is 32.0 Å². The van der Waals surface area contributed by atoms with Crippen LogP contribution in [-0.2, 0) is 11.3 Å². The highest BCUT2D eigenvalue weighted by Gasteiger charge is 2.23. The maximum absolute atomic E-state index is 12.2. The van der Waals surface area contributed by atoms with E-state index < -0.39 is 16.9 Å². The molecule has 0 saturated carbocycles. The van der Waals surface area contributed by atoms with Crippen molar-refractivity contribution >= 4 is 11.6 Å². The number of nitrogens with one attached hydrogen (secondary N) is 1. The number of aromatic nitrogens is 2. The van der Waals surface area contributed by atoms with Gasteiger partial charge in [0.05, 0.1) is 25.2 Å². The van der Waals surface area contributed by atoms with Gasteiger partial charge in [0.2, 0.25) is 5.91 Å². The molecule has 0 aliphatic carbocycles. The van der Waals surface area contributed by atoms with Crippen molar-refractivity contribution in [1.82, 2.24) is 15.1 Å². The summed E-state index contributed by atoms with van der Waals surface area (Å²) in [6.45, 7) is 2.78. The van der Waals surface area contributed by atoms with Gasteiger partial charge in [-0.1, -0.05) is 0 Å². The number of amides is 1. The number of carbonyl (C=O) groups is 1. The Morgan fingerprint density at radius 1 is 1.37 bits per heavy atom. The summed E-state index contributed by atoms with van der Waals surface area (Å²) in [4.78, 5) is 22.7. The fourth-order valence-corrected chi connectivity index (χ4v) is 2.72. The topological polar surface area (TPSA) is 129 Å². The quantitative estimate of drug-likeness (QED) is 0.523. The van der Waals surface area contributed by atoms with Gasteiger partial charge in [-0.3, -0.25) is 19.6 Å². The second-order valence-electron chi connectivity index (χ2n) is 5.86. The Balaban J connectivity index is 2.04. The Bertz CT molecular complexity index is 848. The van der Waals surface area contributed by atoms with E-state index in [1.165, 1.54) is 32.7 Å². The molecule has 27 heavy (non-hydrogen) atoms. The molecule has 1 amide bonds. The third-order valence-electron chi connectivity index (χ3n) is 4.11. The van der Waals surface area contributed by atoms with E-state index in [4.69, 9.17) is 9.47 Å². The average Bonchev–Trinajstić information content (AvgIpc) is 2.92. The van der Waals surface area contributed by atoms with Gasteiger partial charge < -0.3 is 19.9 Å². The summed E-state index contributed by atoms with van der Waals surface area (Å²) < 4.78 is 11.6. The predicted molar refractivity (Wildman–Crippen MR) is 95.9 cm³/mol. The minimum absolute atomic E-state index is 0.0657. The number of carbonyl (C=O) groups excluding carboxylic acids is 1. The van der Waals surface area contributed by atoms with E-state index in [0.717, 1.165) is 0 Å². The number of rotatable bonds is 8. The summed E-state index contributed by atoms with van der Waals surface area (Å²) in [5.74, 6) is 0.578. The maximum atomic E-state index is 12.2. The lowest BCUT2D eigenvalue weighted by Crippen LogP contribution is -2.32. The van der Waals surface area contributed by atoms with Crippen LogP contribution in [0, 0.1) is 24.0 Å². The molecule has 1 aromatic carbocycles. The summed E-state index contributed by atoms with van der Waals surface area (Å²) in [5.41, 5.74) is 0.900. The van der Waals surface area contributed by atoms with E-state index in [1.54, 1.807) is 18.2 Å². The van der Waals surface area contributed by atoms with E-state index in [0.29, 0.717) is 22.8 Å². The lowest BCUT2D eigenvalue weighted by atomic mass is 10.1. The van der Waals surface area contributed by atoms with Crippen molar-refractivity contribution in [3.05, 3.63) is 45.3 Å². The van der Waals surface area contributed by atoms with E-state index >= 15 is 0 Å². The number of nitrogens with zero attached hydrogens (tertiary/aromatic N) is 3. The Morgan fingerprint density at radius 3 is 2.63 bits per heavy atom. The molecule has 1 atom stereocenters. The van der Waals surface area contributed by atoms with Crippen LogP contribution in [0.1, 0.15) is 23.1 Å². The number of aryl methyl sites for hydroxylation is 1. The molecular weight excluding hydrogens is 356 g/mol. The number of aliphatic hydroxyl groups excluding tert-OH is 1. The molecule has 0 aliphatic rings. The second-order valence-corrected chi connectivity index (χ2v) is 5.86. The van der Waals surface area contributed by atoms with Gasteiger partial charge >= 0.3 is 5.69 Å². The molecule has 0 saturated heterocycles. The van der Waals surface area contributed by atoms with Crippen LogP contribution in [0.4, 0.5) is 5.69 Å². The lowest BCUT2D eigenvalue weighted by molar-refractivity contribution is -0.386. The van der Waals surface area contributed by atoms with E-state index in [2.05, 4.69) is 10.4 Å². The van der Waals surface area contributed by atoms with Gasteiger partial charge in [0, 0.05) is 12.1 Å². The predicted octanol–water partition coefficient (Wildman–Crippen LogP) is 1.28. The average molecular weight is 378 g/mol. The highest BCUT2D eigenvalue weighted by Crippen LogP contribution is 2.29. The molecule has 10 heteroatoms. The first-order chi connectivity index (χ1) is 12.8. The third kappa shape index (κ3) is 4.53. The summed E-state index contributed by atoms with van der Waals surface area (Å²) in [5, 5.41) is 28.0. The molecule has 2 aromatic rings. The van der Waals surface area contributed by atoms with Gasteiger partial charge in [-0.2, -0.15) is 5.10 Å². The number of hydrogen-bond acceptors (Lipinski definition) is 7. The minimum Gasteiger partial charge on any atom is -0.497 e. The highest BCUT2D eigenvalue weighted by atomic mass is 16.6. The third-order valence-corrected chi connectivity index (χ3v) is 4.11. The van der Waals surface area contributed by atoms with Gasteiger partial charge in [-0.25, -0.2) is 0 Å². The Kier molecular flexibility index (Phi) is 6.35. The molecule has 2 rings (SSSR count). The first-order valence-corrected chi connectivity index (χ1v) is 8.13. The SMILES string of the molecule is COc1ccc(OC)c(C(O)CNC(=O)Cn2nc(C)c([N+](=O)[O-])c2C)c1. The molecule has 0 aliphatic heterocycles. The van der Waals surface area contributed by atoms with Crippen LogP contribution in [0.3, 0.4) is 0 Å². The standard InChI is InChI=1S/C17H22N4O6/c1-10-17(21(24)25)11(2)20(19-10)9-16(23)18-8-14(22)13-7-12(26-3)5-6-15(13)27-4/h5-7,14,22H,8-9H2,1-4H3,(H,18,23). The largest absolute Gasteiger partial charge is 0.497 e. The maximum Gasteiger partial charge on any atom is 0.312 e. The molecule has 1 heterocycles. The zero-order valence-electron chi connectivity index (χ0n) is 15.6. The van der Waals surface area contributed by atoms with Crippen molar-refractivity contribution in [2.75, 3.05) is 20.8 Å². The van der Waals surface area contributed by atoms with Crippen LogP contribution >= 0.6 is 0 Å². The molecule has 0 bridgehead atoms. The summed E-state index contributed by atoms with van der Waals surface area (Å²) in [6, 6.07) is 4.98. The van der Waals surface area contributed by atoms with Crippen LogP contribution in [0.5, 0.6) is 11.5 Å². The van der Waals surface area contributed by atoms with Crippen LogP contribution < -0.4 is 14.8 Å². The smallest absolute Gasteiger partial charge is 0.312 e. The first-order valence-electron chi connectivity index (χ1n) is 8.13. The van der Waals surface area contributed by atoms with Crippen LogP contribution in [0.25, 0.3) is 0 Å². The summed E-state index contributed by atoms with van der Waals surface area (Å²) in [7, 11) is 2.99. The second kappa shape index (κ2) is 8.49. The van der Waals surface area contributed by atoms with Gasteiger partial charge in [-0.15, -0.1) is 0 Å². The molecule has 2 N–H and O–H groups in total. The summed E-state index contributed by atoms with van der Waals surface area (Å²) in [6.07, 6.45) is -1.02. The Labute approximate surface area is 155 Å². The van der Waals surface area contributed by atoms with Crippen molar-refractivity contribution < 1.29 is 24.3 Å². The lowest BCUT2D eigenvalue weighted by Gasteiger charge is -2.16. The fraction of sp³-hybridized carbons (Fsp3) is 0.412. The molecule has 1 unspecified atom stereocenters. The summed E-state index contributed by atoms with van der Waals surface area (Å²) >= 11 is 0. The van der Waals surface area contributed by atoms with E-state index in [9.17, 15) is 20.0 Å². The molecular formula is C17H22N4O6. The number of ether oxygens (including phenoxy) is 2. The van der Waals surface area contributed by atoms with E-state index in [1.807, 2.05) is 0 Å². The number of nitro groups is 1. The fourth-order valence-electron chi connectivity index (χ4n) is 2.72. The van der Waals surface area contributed by atoms with Crippen LogP contribution in [0.15, 0.2) is 18.2 Å². The van der Waals surface area contributed by atoms with Gasteiger partial charge in [0.1, 0.15) is 29.4 Å². The zero-order valence-corrected chi connectivity index (χ0v) is 15.6. The molecule has 1 aromatic heterocycles. The van der Waals surface area contributed by atoms with E-state index in [-0.39, 0.29) is 24.5 Å². The normalized spacial score (nSPS) is 11.7. The minimum atomic E-state index is -1.02. The van der Waals surface area contributed by atoms with Crippen molar-refractivity contribution in [2.45, 2.75) is 26.5 Å². The number of hydrogen-bond donors (Lipinski definition) is 2. The molecule has 0 spiro atoms. The van der Waals surface area contributed by atoms with Gasteiger partial charge in [0.15, 0.2) is 0 Å². The van der Waals surface area contributed by atoms with Gasteiger partial charge in [0.25, 0.3) is 0 Å². The Hall–Kier alpha value is -3.14. The first kappa shape index (κ1) is 20.2. The molecule has 0 fully saturated rings. The highest BCUT2D eigenvalue weighted by molar-refractivity contribution is 5.76. The number of aliphatic hydroxyl groups is 1. The van der Waals surface area contributed by atoms with Crippen molar-refractivity contribution in [3.8, 4) is 11.5 Å². The van der Waals surface area contributed by atoms with Crippen molar-refractivity contribution in [3.63, 3.8) is 0 Å². The monoisotopic (exact) mass is 378 g/mol. The Morgan fingerprint density at radius 2 is 2.07 bits per heavy atom. The van der Waals surface area contributed by atoms with Crippen LogP contribution in [0.2, 0.25) is 0 Å². The number of benzene rings is 1.